The van der Waals surface area contributed by atoms with E-state index in [1.807, 2.05) is 6.92 Å². The van der Waals surface area contributed by atoms with Crippen LogP contribution in [0.4, 0.5) is 0 Å². The molecule has 0 aromatic rings. The van der Waals surface area contributed by atoms with Gasteiger partial charge < -0.3 is 4.74 Å². The molecule has 13 heavy (non-hydrogen) atoms. The lowest BCUT2D eigenvalue weighted by Crippen LogP contribution is -2.38. The predicted octanol–water partition coefficient (Wildman–Crippen LogP) is -0.123. The fourth-order valence-corrected chi connectivity index (χ4v) is 1.75. The van der Waals surface area contributed by atoms with Gasteiger partial charge in [-0.05, 0) is 13.3 Å². The smallest absolute Gasteiger partial charge is 0.325 e. The molecule has 0 aliphatic rings. The molecule has 0 bridgehead atoms. The summed E-state index contributed by atoms with van der Waals surface area (Å²) in [5.74, 6) is -0.747. The van der Waals surface area contributed by atoms with Gasteiger partial charge in [0.25, 0.3) is 0 Å². The Kier molecular flexibility index (Phi) is 4.94. The molecule has 1 N–H and O–H groups in total. The molecular formula is C7H15NO4S. The van der Waals surface area contributed by atoms with E-state index in [4.69, 9.17) is 0 Å². The standard InChI is InChI=1S/C7H15NO4S/c1-4-5-8-13(10,11)6(2)7(9)12-3/h6,8H,4-5H2,1-3H3. The minimum atomic E-state index is -3.56. The molecule has 0 aromatic heterocycles. The molecule has 0 rings (SSSR count). The van der Waals surface area contributed by atoms with Crippen molar-refractivity contribution in [2.45, 2.75) is 25.5 Å². The van der Waals surface area contributed by atoms with E-state index < -0.39 is 21.2 Å². The number of ether oxygens (including phenoxy) is 1. The molecular weight excluding hydrogens is 194 g/mol. The molecule has 0 aromatic carbocycles. The third-order valence-corrected chi connectivity index (χ3v) is 3.28. The fraction of sp³-hybridized carbons (Fsp3) is 0.857. The second kappa shape index (κ2) is 5.18. The zero-order valence-corrected chi connectivity index (χ0v) is 8.85. The Hall–Kier alpha value is -0.620. The monoisotopic (exact) mass is 209 g/mol. The number of carbonyl (C=O) groups is 1. The predicted molar refractivity (Wildman–Crippen MR) is 48.7 cm³/mol. The lowest BCUT2D eigenvalue weighted by atomic mass is 10.5. The second-order valence-electron chi connectivity index (χ2n) is 2.60. The number of nitrogens with one attached hydrogen (secondary N) is 1. The first-order valence-corrected chi connectivity index (χ1v) is 5.56. The van der Waals surface area contributed by atoms with Crippen LogP contribution in [0.3, 0.4) is 0 Å². The van der Waals surface area contributed by atoms with Gasteiger partial charge in [0.1, 0.15) is 0 Å². The van der Waals surface area contributed by atoms with Crippen molar-refractivity contribution in [3.63, 3.8) is 0 Å². The van der Waals surface area contributed by atoms with E-state index in [1.54, 1.807) is 0 Å². The van der Waals surface area contributed by atoms with Gasteiger partial charge in [0.15, 0.2) is 5.25 Å². The van der Waals surface area contributed by atoms with Crippen molar-refractivity contribution in [1.29, 1.82) is 0 Å². The van der Waals surface area contributed by atoms with E-state index in [2.05, 4.69) is 9.46 Å². The van der Waals surface area contributed by atoms with Crippen LogP contribution in [0, 0.1) is 0 Å². The number of esters is 1. The summed E-state index contributed by atoms with van der Waals surface area (Å²) in [4.78, 5) is 10.9. The molecule has 0 heterocycles. The average molecular weight is 209 g/mol. The molecule has 1 atom stereocenters. The van der Waals surface area contributed by atoms with Crippen molar-refractivity contribution in [2.24, 2.45) is 0 Å². The van der Waals surface area contributed by atoms with Crippen LogP contribution in [0.25, 0.3) is 0 Å². The van der Waals surface area contributed by atoms with Gasteiger partial charge in [-0.2, -0.15) is 0 Å². The summed E-state index contributed by atoms with van der Waals surface area (Å²) in [6.07, 6.45) is 0.688. The first kappa shape index (κ1) is 12.4. The molecule has 0 spiro atoms. The quantitative estimate of drug-likeness (QED) is 0.640. The van der Waals surface area contributed by atoms with Crippen molar-refractivity contribution in [1.82, 2.24) is 4.72 Å². The molecule has 0 fully saturated rings. The maximum Gasteiger partial charge on any atom is 0.325 e. The zero-order valence-electron chi connectivity index (χ0n) is 8.03. The fourth-order valence-electron chi connectivity index (χ4n) is 0.662. The van der Waals surface area contributed by atoms with Gasteiger partial charge in [0.2, 0.25) is 10.0 Å². The van der Waals surface area contributed by atoms with Gasteiger partial charge in [-0.1, -0.05) is 6.92 Å². The largest absolute Gasteiger partial charge is 0.468 e. The Labute approximate surface area is 78.5 Å². The summed E-state index contributed by atoms with van der Waals surface area (Å²) >= 11 is 0. The van der Waals surface area contributed by atoms with Crippen LogP contribution < -0.4 is 4.72 Å². The normalized spacial score (nSPS) is 13.8. The Morgan fingerprint density at radius 3 is 2.46 bits per heavy atom. The summed E-state index contributed by atoms with van der Waals surface area (Å²) in [5.41, 5.74) is 0. The molecule has 0 amide bonds. The van der Waals surface area contributed by atoms with E-state index in [1.165, 1.54) is 6.92 Å². The first-order valence-electron chi connectivity index (χ1n) is 4.02. The van der Waals surface area contributed by atoms with E-state index in [9.17, 15) is 13.2 Å². The van der Waals surface area contributed by atoms with E-state index in [-0.39, 0.29) is 0 Å². The Morgan fingerprint density at radius 1 is 1.54 bits per heavy atom. The van der Waals surface area contributed by atoms with Crippen molar-refractivity contribution in [2.75, 3.05) is 13.7 Å². The summed E-state index contributed by atoms with van der Waals surface area (Å²) in [6, 6.07) is 0. The minimum Gasteiger partial charge on any atom is -0.468 e. The van der Waals surface area contributed by atoms with Gasteiger partial charge >= 0.3 is 5.97 Å². The lowest BCUT2D eigenvalue weighted by Gasteiger charge is -2.10. The van der Waals surface area contributed by atoms with Crippen LogP contribution in [-0.2, 0) is 19.6 Å². The zero-order chi connectivity index (χ0) is 10.5. The highest BCUT2D eigenvalue weighted by atomic mass is 32.2. The molecule has 0 aliphatic carbocycles. The number of sulfonamides is 1. The van der Waals surface area contributed by atoms with Crippen LogP contribution in [-0.4, -0.2) is 33.3 Å². The average Bonchev–Trinajstić information content (AvgIpc) is 2.12. The molecule has 1 unspecified atom stereocenters. The highest BCUT2D eigenvalue weighted by molar-refractivity contribution is 7.90. The molecule has 0 saturated heterocycles. The molecule has 0 radical (unpaired) electrons. The summed E-state index contributed by atoms with van der Waals surface area (Å²) < 4.78 is 29.2. The van der Waals surface area contributed by atoms with E-state index in [0.717, 1.165) is 7.11 Å². The lowest BCUT2D eigenvalue weighted by molar-refractivity contribution is -0.139. The van der Waals surface area contributed by atoms with Crippen molar-refractivity contribution in [3.8, 4) is 0 Å². The summed E-state index contributed by atoms with van der Waals surface area (Å²) in [7, 11) is -2.40. The molecule has 6 heteroatoms. The second-order valence-corrected chi connectivity index (χ2v) is 4.69. The number of hydrogen-bond donors (Lipinski definition) is 1. The minimum absolute atomic E-state index is 0.337. The van der Waals surface area contributed by atoms with Crippen molar-refractivity contribution in [3.05, 3.63) is 0 Å². The highest BCUT2D eigenvalue weighted by Crippen LogP contribution is 2.00. The number of methoxy groups -OCH3 is 1. The van der Waals surface area contributed by atoms with Crippen molar-refractivity contribution < 1.29 is 17.9 Å². The van der Waals surface area contributed by atoms with Gasteiger partial charge in [-0.25, -0.2) is 13.1 Å². The topological polar surface area (TPSA) is 72.5 Å². The summed E-state index contributed by atoms with van der Waals surface area (Å²) in [6.45, 7) is 3.47. The van der Waals surface area contributed by atoms with Crippen LogP contribution in [0.5, 0.6) is 0 Å². The Morgan fingerprint density at radius 2 is 2.08 bits per heavy atom. The Bertz CT molecular complexity index is 260. The van der Waals surface area contributed by atoms with E-state index in [0.29, 0.717) is 13.0 Å². The van der Waals surface area contributed by atoms with Crippen molar-refractivity contribution >= 4 is 16.0 Å². The van der Waals surface area contributed by atoms with Gasteiger partial charge in [-0.15, -0.1) is 0 Å². The first-order chi connectivity index (χ1) is 5.95. The maximum absolute atomic E-state index is 11.3. The van der Waals surface area contributed by atoms with Gasteiger partial charge in [0.05, 0.1) is 7.11 Å². The van der Waals surface area contributed by atoms with Crippen LogP contribution in [0.2, 0.25) is 0 Å². The van der Waals surface area contributed by atoms with Gasteiger partial charge in [-0.3, -0.25) is 4.79 Å². The van der Waals surface area contributed by atoms with Crippen LogP contribution in [0.1, 0.15) is 20.3 Å². The third kappa shape index (κ3) is 3.73. The number of carbonyl (C=O) groups excluding carboxylic acids is 1. The van der Waals surface area contributed by atoms with Crippen LogP contribution >= 0.6 is 0 Å². The van der Waals surface area contributed by atoms with E-state index >= 15 is 0 Å². The molecule has 0 saturated carbocycles. The molecule has 0 aliphatic heterocycles. The van der Waals surface area contributed by atoms with Gasteiger partial charge in [0, 0.05) is 6.54 Å². The maximum atomic E-state index is 11.3. The molecule has 5 nitrogen and oxygen atoms in total. The number of hydrogen-bond acceptors (Lipinski definition) is 4. The SMILES string of the molecule is CCCNS(=O)(=O)C(C)C(=O)OC. The van der Waals surface area contributed by atoms with Crippen LogP contribution in [0.15, 0.2) is 0 Å². The number of rotatable bonds is 5. The molecule has 78 valence electrons. The Balaban J connectivity index is 4.37. The summed E-state index contributed by atoms with van der Waals surface area (Å²) in [5, 5.41) is -1.15. The third-order valence-electron chi connectivity index (χ3n) is 1.55. The highest BCUT2D eigenvalue weighted by Gasteiger charge is 2.27.